The van der Waals surface area contributed by atoms with E-state index < -0.39 is 0 Å². The Kier molecular flexibility index (Phi) is 2.23. The van der Waals surface area contributed by atoms with Crippen LogP contribution in [0.2, 0.25) is 0 Å². The van der Waals surface area contributed by atoms with Gasteiger partial charge in [0, 0.05) is 12.1 Å². The summed E-state index contributed by atoms with van der Waals surface area (Å²) in [6.45, 7) is 0. The van der Waals surface area contributed by atoms with Crippen molar-refractivity contribution in [3.8, 4) is 5.82 Å². The molecule has 0 saturated heterocycles. The van der Waals surface area contributed by atoms with Crippen molar-refractivity contribution < 1.29 is 0 Å². The van der Waals surface area contributed by atoms with Crippen molar-refractivity contribution in [3.63, 3.8) is 0 Å². The fraction of sp³-hybridized carbons (Fsp3) is 0.125. The van der Waals surface area contributed by atoms with Crippen molar-refractivity contribution in [2.24, 2.45) is 0 Å². The minimum atomic E-state index is 0.477. The highest BCUT2D eigenvalue weighted by Gasteiger charge is 1.97. The number of hydrogen-bond acceptors (Lipinski definition) is 3. The molecule has 0 unspecified atom stereocenters. The third-order valence-corrected chi connectivity index (χ3v) is 1.93. The molecule has 0 atom stereocenters. The van der Waals surface area contributed by atoms with Gasteiger partial charge in [-0.3, -0.25) is 0 Å². The van der Waals surface area contributed by atoms with Crippen LogP contribution in [-0.4, -0.2) is 19.7 Å². The molecule has 13 heavy (non-hydrogen) atoms. The molecule has 0 aromatic carbocycles. The quantitative estimate of drug-likeness (QED) is 0.679. The van der Waals surface area contributed by atoms with Gasteiger partial charge >= 0.3 is 0 Å². The van der Waals surface area contributed by atoms with Gasteiger partial charge in [-0.1, -0.05) is 6.07 Å². The van der Waals surface area contributed by atoms with Crippen LogP contribution in [0.4, 0.5) is 0 Å². The minimum absolute atomic E-state index is 0.477. The van der Waals surface area contributed by atoms with Gasteiger partial charge in [0.1, 0.15) is 12.7 Å². The van der Waals surface area contributed by atoms with Gasteiger partial charge < -0.3 is 0 Å². The lowest BCUT2D eigenvalue weighted by Gasteiger charge is -1.99. The summed E-state index contributed by atoms with van der Waals surface area (Å²) in [7, 11) is 0. The number of halogens is 1. The lowest BCUT2D eigenvalue weighted by molar-refractivity contribution is 0.843. The zero-order valence-corrected chi connectivity index (χ0v) is 7.52. The van der Waals surface area contributed by atoms with Gasteiger partial charge in [0.15, 0.2) is 5.82 Å². The first kappa shape index (κ1) is 8.19. The van der Waals surface area contributed by atoms with Crippen LogP contribution in [0, 0.1) is 0 Å². The van der Waals surface area contributed by atoms with Crippen LogP contribution in [0.15, 0.2) is 31.0 Å². The first-order chi connectivity index (χ1) is 6.40. The van der Waals surface area contributed by atoms with E-state index in [0.29, 0.717) is 5.88 Å². The lowest BCUT2D eigenvalue weighted by atomic mass is 10.3. The smallest absolute Gasteiger partial charge is 0.155 e. The molecule has 2 rings (SSSR count). The number of aromatic nitrogens is 4. The number of nitrogens with zero attached hydrogens (tertiary/aromatic N) is 4. The molecule has 0 fully saturated rings. The van der Waals surface area contributed by atoms with Crippen LogP contribution in [0.5, 0.6) is 0 Å². The van der Waals surface area contributed by atoms with Gasteiger partial charge in [0.05, 0.1) is 0 Å². The van der Waals surface area contributed by atoms with Gasteiger partial charge in [-0.2, -0.15) is 5.10 Å². The van der Waals surface area contributed by atoms with E-state index in [4.69, 9.17) is 11.6 Å². The van der Waals surface area contributed by atoms with Gasteiger partial charge in [0.2, 0.25) is 0 Å². The highest BCUT2D eigenvalue weighted by Crippen LogP contribution is 2.05. The Morgan fingerprint density at radius 2 is 2.31 bits per heavy atom. The number of rotatable bonds is 2. The highest BCUT2D eigenvalue weighted by atomic mass is 35.5. The molecule has 2 aromatic rings. The molecular weight excluding hydrogens is 188 g/mol. The summed E-state index contributed by atoms with van der Waals surface area (Å²) in [5.74, 6) is 1.22. The van der Waals surface area contributed by atoms with Crippen molar-refractivity contribution in [1.82, 2.24) is 19.7 Å². The van der Waals surface area contributed by atoms with Crippen LogP contribution >= 0.6 is 11.6 Å². The lowest BCUT2D eigenvalue weighted by Crippen LogP contribution is -1.97. The molecular formula is C8H7ClN4. The molecule has 0 saturated carbocycles. The minimum Gasteiger partial charge on any atom is -0.237 e. The first-order valence-corrected chi connectivity index (χ1v) is 4.29. The molecule has 0 radical (unpaired) electrons. The zero-order chi connectivity index (χ0) is 9.10. The number of alkyl halides is 1. The van der Waals surface area contributed by atoms with Crippen LogP contribution in [0.25, 0.3) is 5.82 Å². The van der Waals surface area contributed by atoms with Crippen LogP contribution in [0.1, 0.15) is 5.56 Å². The van der Waals surface area contributed by atoms with E-state index in [1.807, 2.05) is 12.1 Å². The maximum Gasteiger partial charge on any atom is 0.155 e. The summed E-state index contributed by atoms with van der Waals surface area (Å²) < 4.78 is 1.60. The molecule has 4 nitrogen and oxygen atoms in total. The molecule has 0 aliphatic carbocycles. The Morgan fingerprint density at radius 3 is 2.85 bits per heavy atom. The van der Waals surface area contributed by atoms with E-state index in [-0.39, 0.29) is 0 Å². The molecule has 2 heterocycles. The predicted octanol–water partition coefficient (Wildman–Crippen LogP) is 1.40. The first-order valence-electron chi connectivity index (χ1n) is 3.76. The molecule has 5 heteroatoms. The van der Waals surface area contributed by atoms with Crippen molar-refractivity contribution in [2.75, 3.05) is 0 Å². The summed E-state index contributed by atoms with van der Waals surface area (Å²) in [5.41, 5.74) is 0.991. The predicted molar refractivity (Wildman–Crippen MR) is 48.7 cm³/mol. The Morgan fingerprint density at radius 1 is 1.38 bits per heavy atom. The second-order valence-corrected chi connectivity index (χ2v) is 2.77. The maximum atomic E-state index is 5.63. The van der Waals surface area contributed by atoms with E-state index in [0.717, 1.165) is 11.4 Å². The van der Waals surface area contributed by atoms with E-state index in [9.17, 15) is 0 Å². The van der Waals surface area contributed by atoms with E-state index >= 15 is 0 Å². The molecule has 0 amide bonds. The highest BCUT2D eigenvalue weighted by molar-refractivity contribution is 6.17. The van der Waals surface area contributed by atoms with Gasteiger partial charge in [-0.05, 0) is 11.6 Å². The maximum absolute atomic E-state index is 5.63. The molecule has 0 aliphatic heterocycles. The third-order valence-electron chi connectivity index (χ3n) is 1.62. The molecule has 66 valence electrons. The van der Waals surface area contributed by atoms with Crippen LogP contribution < -0.4 is 0 Å². The normalized spacial score (nSPS) is 10.2. The Labute approximate surface area is 80.2 Å². The SMILES string of the molecule is ClCc1ccc(-n2cncn2)nc1. The average Bonchev–Trinajstić information content (AvgIpc) is 2.71. The van der Waals surface area contributed by atoms with Crippen molar-refractivity contribution in [3.05, 3.63) is 36.5 Å². The summed E-state index contributed by atoms with van der Waals surface area (Å²) in [6, 6.07) is 3.77. The Hall–Kier alpha value is -1.42. The number of pyridine rings is 1. The molecule has 0 N–H and O–H groups in total. The Balaban J connectivity index is 2.33. The van der Waals surface area contributed by atoms with Crippen LogP contribution in [-0.2, 0) is 5.88 Å². The standard InChI is InChI=1S/C8H7ClN4/c9-3-7-1-2-8(11-4-7)13-6-10-5-12-13/h1-2,4-6H,3H2. The molecule has 0 bridgehead atoms. The van der Waals surface area contributed by atoms with E-state index in [1.165, 1.54) is 6.33 Å². The average molecular weight is 195 g/mol. The second kappa shape index (κ2) is 3.53. The molecule has 0 spiro atoms. The van der Waals surface area contributed by atoms with Gasteiger partial charge in [-0.15, -0.1) is 11.6 Å². The summed E-state index contributed by atoms with van der Waals surface area (Å²) >= 11 is 5.63. The van der Waals surface area contributed by atoms with Gasteiger partial charge in [0.25, 0.3) is 0 Å². The molecule has 0 aliphatic rings. The largest absolute Gasteiger partial charge is 0.237 e. The summed E-state index contributed by atoms with van der Waals surface area (Å²) in [5, 5.41) is 3.95. The van der Waals surface area contributed by atoms with Crippen molar-refractivity contribution in [2.45, 2.75) is 5.88 Å². The fourth-order valence-corrected chi connectivity index (χ4v) is 1.12. The second-order valence-electron chi connectivity index (χ2n) is 2.50. The van der Waals surface area contributed by atoms with Gasteiger partial charge in [-0.25, -0.2) is 14.6 Å². The fourth-order valence-electron chi connectivity index (χ4n) is 0.958. The van der Waals surface area contributed by atoms with Crippen molar-refractivity contribution >= 4 is 11.6 Å². The van der Waals surface area contributed by atoms with Crippen molar-refractivity contribution in [1.29, 1.82) is 0 Å². The van der Waals surface area contributed by atoms with E-state index in [2.05, 4.69) is 15.1 Å². The third kappa shape index (κ3) is 1.67. The Bertz CT molecular complexity index is 368. The van der Waals surface area contributed by atoms with E-state index in [1.54, 1.807) is 17.2 Å². The topological polar surface area (TPSA) is 43.6 Å². The molecule has 2 aromatic heterocycles. The summed E-state index contributed by atoms with van der Waals surface area (Å²) in [6.07, 6.45) is 4.80. The number of hydrogen-bond donors (Lipinski definition) is 0. The van der Waals surface area contributed by atoms with Crippen LogP contribution in [0.3, 0.4) is 0 Å². The summed E-state index contributed by atoms with van der Waals surface area (Å²) in [4.78, 5) is 7.99. The zero-order valence-electron chi connectivity index (χ0n) is 6.76. The monoisotopic (exact) mass is 194 g/mol.